The van der Waals surface area contributed by atoms with Crippen LogP contribution in [0.5, 0.6) is 0 Å². The summed E-state index contributed by atoms with van der Waals surface area (Å²) in [6, 6.07) is 1.40. The van der Waals surface area contributed by atoms with Crippen LogP contribution < -0.4 is 5.32 Å². The summed E-state index contributed by atoms with van der Waals surface area (Å²) in [5.41, 5.74) is 1.12. The first kappa shape index (κ1) is 16.3. The summed E-state index contributed by atoms with van der Waals surface area (Å²) in [5.74, 6) is -1.33. The molecule has 0 spiro atoms. The van der Waals surface area contributed by atoms with Gasteiger partial charge < -0.3 is 14.6 Å². The topological polar surface area (TPSA) is 94.3 Å². The predicted molar refractivity (Wildman–Crippen MR) is 79.1 cm³/mol. The molecule has 0 saturated heterocycles. The van der Waals surface area contributed by atoms with Crippen molar-refractivity contribution in [3.63, 3.8) is 0 Å². The van der Waals surface area contributed by atoms with Crippen LogP contribution in [0.4, 0.5) is 5.82 Å². The highest BCUT2D eigenvalue weighted by molar-refractivity contribution is 6.37. The number of halogens is 2. The van der Waals surface area contributed by atoms with Gasteiger partial charge in [-0.05, 0) is 19.4 Å². The van der Waals surface area contributed by atoms with Gasteiger partial charge in [0.05, 0.1) is 15.7 Å². The molecule has 116 valence electrons. The fourth-order valence-electron chi connectivity index (χ4n) is 1.47. The van der Waals surface area contributed by atoms with E-state index >= 15 is 0 Å². The van der Waals surface area contributed by atoms with E-state index in [2.05, 4.69) is 15.5 Å². The van der Waals surface area contributed by atoms with E-state index in [1.807, 2.05) is 0 Å². The Hall–Kier alpha value is -2.12. The van der Waals surface area contributed by atoms with Crippen molar-refractivity contribution < 1.29 is 18.8 Å². The standard InChI is InChI=1S/C13H11Cl2N3O4/c1-6-3-9(22-18-6)13(20)21-5-10(19)17-12-11(15)7(2)8(14)4-16-12/h3-4H,5H2,1-2H3,(H,16,17,19). The van der Waals surface area contributed by atoms with Crippen molar-refractivity contribution in [2.75, 3.05) is 11.9 Å². The van der Waals surface area contributed by atoms with Crippen LogP contribution >= 0.6 is 23.2 Å². The van der Waals surface area contributed by atoms with E-state index in [0.29, 0.717) is 16.3 Å². The Balaban J connectivity index is 1.94. The lowest BCUT2D eigenvalue weighted by Gasteiger charge is -2.09. The van der Waals surface area contributed by atoms with Crippen molar-refractivity contribution in [1.82, 2.24) is 10.1 Å². The molecule has 0 aliphatic rings. The molecule has 2 aromatic heterocycles. The van der Waals surface area contributed by atoms with Crippen LogP contribution in [0.25, 0.3) is 0 Å². The van der Waals surface area contributed by atoms with Crippen LogP contribution in [0.2, 0.25) is 10.0 Å². The van der Waals surface area contributed by atoms with E-state index in [1.54, 1.807) is 13.8 Å². The Morgan fingerprint density at radius 3 is 2.73 bits per heavy atom. The Morgan fingerprint density at radius 1 is 1.36 bits per heavy atom. The maximum atomic E-state index is 11.7. The van der Waals surface area contributed by atoms with Gasteiger partial charge in [-0.25, -0.2) is 9.78 Å². The van der Waals surface area contributed by atoms with Crippen LogP contribution in [-0.4, -0.2) is 28.6 Å². The zero-order valence-electron chi connectivity index (χ0n) is 11.6. The number of nitrogens with zero attached hydrogens (tertiary/aromatic N) is 2. The summed E-state index contributed by atoms with van der Waals surface area (Å²) in [6.45, 7) is 2.83. The van der Waals surface area contributed by atoms with Crippen LogP contribution in [0.3, 0.4) is 0 Å². The number of ether oxygens (including phenoxy) is 1. The molecule has 22 heavy (non-hydrogen) atoms. The largest absolute Gasteiger partial charge is 0.450 e. The summed E-state index contributed by atoms with van der Waals surface area (Å²) in [4.78, 5) is 27.2. The fraction of sp³-hybridized carbons (Fsp3) is 0.231. The van der Waals surface area contributed by atoms with E-state index in [0.717, 1.165) is 0 Å². The Bertz CT molecular complexity index is 730. The Kier molecular flexibility index (Phi) is 4.99. The molecule has 0 fully saturated rings. The number of amides is 1. The minimum atomic E-state index is -0.790. The fourth-order valence-corrected chi connectivity index (χ4v) is 1.86. The average Bonchev–Trinajstić information content (AvgIpc) is 2.92. The van der Waals surface area contributed by atoms with Gasteiger partial charge in [0.2, 0.25) is 5.76 Å². The molecular formula is C13H11Cl2N3O4. The number of pyridine rings is 1. The number of hydrogen-bond donors (Lipinski definition) is 1. The molecular weight excluding hydrogens is 333 g/mol. The molecule has 2 heterocycles. The van der Waals surface area contributed by atoms with Crippen molar-refractivity contribution in [3.05, 3.63) is 39.3 Å². The minimum Gasteiger partial charge on any atom is -0.450 e. The lowest BCUT2D eigenvalue weighted by atomic mass is 10.3. The van der Waals surface area contributed by atoms with E-state index in [1.165, 1.54) is 12.3 Å². The quantitative estimate of drug-likeness (QED) is 0.857. The molecule has 0 aromatic carbocycles. The molecule has 0 aliphatic carbocycles. The maximum absolute atomic E-state index is 11.7. The first-order valence-corrected chi connectivity index (χ1v) is 6.85. The molecule has 7 nitrogen and oxygen atoms in total. The number of carbonyl (C=O) groups excluding carboxylic acids is 2. The number of anilines is 1. The normalized spacial score (nSPS) is 10.4. The highest BCUT2D eigenvalue weighted by Gasteiger charge is 2.16. The SMILES string of the molecule is Cc1cc(C(=O)OCC(=O)Nc2ncc(Cl)c(C)c2Cl)on1. The molecule has 1 amide bonds. The van der Waals surface area contributed by atoms with Crippen molar-refractivity contribution >= 4 is 40.9 Å². The zero-order valence-corrected chi connectivity index (χ0v) is 13.2. The number of nitrogens with one attached hydrogen (secondary N) is 1. The van der Waals surface area contributed by atoms with Gasteiger partial charge in [0, 0.05) is 12.3 Å². The molecule has 0 radical (unpaired) electrons. The third-order valence-corrected chi connectivity index (χ3v) is 3.47. The molecule has 0 aliphatic heterocycles. The predicted octanol–water partition coefficient (Wildman–Crippen LogP) is 2.79. The van der Waals surface area contributed by atoms with Gasteiger partial charge in [-0.1, -0.05) is 28.4 Å². The van der Waals surface area contributed by atoms with Gasteiger partial charge in [0.15, 0.2) is 12.4 Å². The molecule has 2 aromatic rings. The van der Waals surface area contributed by atoms with Gasteiger partial charge in [0.1, 0.15) is 0 Å². The second-order valence-corrected chi connectivity index (χ2v) is 5.14. The van der Waals surface area contributed by atoms with Crippen LogP contribution in [-0.2, 0) is 9.53 Å². The number of aryl methyl sites for hydroxylation is 1. The second-order valence-electron chi connectivity index (χ2n) is 4.35. The number of rotatable bonds is 4. The summed E-state index contributed by atoms with van der Waals surface area (Å²) < 4.78 is 9.51. The van der Waals surface area contributed by atoms with Crippen LogP contribution in [0.15, 0.2) is 16.8 Å². The highest BCUT2D eigenvalue weighted by Crippen LogP contribution is 2.28. The molecule has 1 N–H and O–H groups in total. The lowest BCUT2D eigenvalue weighted by molar-refractivity contribution is -0.119. The Labute approximate surface area is 135 Å². The zero-order chi connectivity index (χ0) is 16.3. The van der Waals surface area contributed by atoms with Crippen molar-refractivity contribution in [2.45, 2.75) is 13.8 Å². The highest BCUT2D eigenvalue weighted by atomic mass is 35.5. The van der Waals surface area contributed by atoms with E-state index in [4.69, 9.17) is 32.5 Å². The maximum Gasteiger partial charge on any atom is 0.377 e. The minimum absolute atomic E-state index is 0.0798. The van der Waals surface area contributed by atoms with Gasteiger partial charge in [-0.15, -0.1) is 0 Å². The van der Waals surface area contributed by atoms with Crippen LogP contribution in [0, 0.1) is 13.8 Å². The average molecular weight is 344 g/mol. The van der Waals surface area contributed by atoms with Gasteiger partial charge in [-0.3, -0.25) is 4.79 Å². The molecule has 0 atom stereocenters. The number of aromatic nitrogens is 2. The van der Waals surface area contributed by atoms with Crippen molar-refractivity contribution in [1.29, 1.82) is 0 Å². The summed E-state index contributed by atoms with van der Waals surface area (Å²) in [5, 5.41) is 6.58. The first-order chi connectivity index (χ1) is 10.4. The monoisotopic (exact) mass is 343 g/mol. The second kappa shape index (κ2) is 6.76. The summed E-state index contributed by atoms with van der Waals surface area (Å²) in [7, 11) is 0. The molecule has 0 saturated carbocycles. The number of carbonyl (C=O) groups is 2. The third kappa shape index (κ3) is 3.75. The summed E-state index contributed by atoms with van der Waals surface area (Å²) in [6.07, 6.45) is 1.36. The molecule has 0 unspecified atom stereocenters. The summed E-state index contributed by atoms with van der Waals surface area (Å²) >= 11 is 11.9. The van der Waals surface area contributed by atoms with Crippen LogP contribution in [0.1, 0.15) is 21.8 Å². The van der Waals surface area contributed by atoms with E-state index in [9.17, 15) is 9.59 Å². The molecule has 0 bridgehead atoms. The van der Waals surface area contributed by atoms with Crippen molar-refractivity contribution in [3.8, 4) is 0 Å². The number of hydrogen-bond acceptors (Lipinski definition) is 6. The Morgan fingerprint density at radius 2 is 2.09 bits per heavy atom. The molecule has 2 rings (SSSR count). The molecule has 9 heteroatoms. The number of esters is 1. The van der Waals surface area contributed by atoms with Gasteiger partial charge in [-0.2, -0.15) is 0 Å². The third-order valence-electron chi connectivity index (χ3n) is 2.62. The van der Waals surface area contributed by atoms with Crippen molar-refractivity contribution in [2.24, 2.45) is 0 Å². The lowest BCUT2D eigenvalue weighted by Crippen LogP contribution is -2.21. The smallest absolute Gasteiger partial charge is 0.377 e. The van der Waals surface area contributed by atoms with Gasteiger partial charge in [0.25, 0.3) is 5.91 Å². The first-order valence-electron chi connectivity index (χ1n) is 6.09. The van der Waals surface area contributed by atoms with E-state index < -0.39 is 18.5 Å². The van der Waals surface area contributed by atoms with Gasteiger partial charge >= 0.3 is 5.97 Å². The van der Waals surface area contributed by atoms with E-state index in [-0.39, 0.29) is 16.6 Å².